The number of hydrogen-bond donors (Lipinski definition) is 1. The van der Waals surface area contributed by atoms with Gasteiger partial charge in [-0.25, -0.2) is 0 Å². The number of aryl methyl sites for hydroxylation is 2. The molecule has 1 aliphatic heterocycles. The molecule has 1 N–H and O–H groups in total. The van der Waals surface area contributed by atoms with Gasteiger partial charge in [-0.2, -0.15) is 0 Å². The molecule has 0 amide bonds. The molecular weight excluding hydrogens is 196 g/mol. The summed E-state index contributed by atoms with van der Waals surface area (Å²) in [5, 5.41) is 3.37. The molecule has 0 bridgehead atoms. The highest BCUT2D eigenvalue weighted by Crippen LogP contribution is 2.18. The molecule has 0 aliphatic carbocycles. The van der Waals surface area contributed by atoms with E-state index in [0.717, 1.165) is 19.5 Å². The summed E-state index contributed by atoms with van der Waals surface area (Å²) in [6.07, 6.45) is 1.09. The van der Waals surface area contributed by atoms with Gasteiger partial charge in [0.25, 0.3) is 0 Å². The first-order chi connectivity index (χ1) is 7.68. The lowest BCUT2D eigenvalue weighted by Gasteiger charge is -2.16. The number of nitrogens with zero attached hydrogens (tertiary/aromatic N) is 1. The second-order valence-electron chi connectivity index (χ2n) is 4.67. The van der Waals surface area contributed by atoms with Crippen molar-refractivity contribution in [1.29, 1.82) is 0 Å². The van der Waals surface area contributed by atoms with E-state index in [9.17, 15) is 0 Å². The molecular formula is C14H20N2. The predicted octanol–water partition coefficient (Wildman–Crippen LogP) is 2.48. The number of nitrogens with one attached hydrogen (secondary N) is 1. The third-order valence-corrected chi connectivity index (χ3v) is 3.32. The van der Waals surface area contributed by atoms with Crippen LogP contribution in [0.15, 0.2) is 23.2 Å². The first kappa shape index (κ1) is 11.2. The molecule has 1 aromatic carbocycles. The Bertz CT molecular complexity index is 387. The van der Waals surface area contributed by atoms with E-state index in [1.54, 1.807) is 0 Å². The van der Waals surface area contributed by atoms with E-state index >= 15 is 0 Å². The van der Waals surface area contributed by atoms with E-state index in [2.05, 4.69) is 49.3 Å². The van der Waals surface area contributed by atoms with Crippen LogP contribution in [0.2, 0.25) is 0 Å². The van der Waals surface area contributed by atoms with Crippen LogP contribution in [-0.4, -0.2) is 18.9 Å². The Balaban J connectivity index is 2.14. The molecule has 0 fully saturated rings. The van der Waals surface area contributed by atoms with Crippen LogP contribution in [-0.2, 0) is 6.42 Å². The lowest BCUT2D eigenvalue weighted by atomic mass is 9.93. The summed E-state index contributed by atoms with van der Waals surface area (Å²) in [4.78, 5) is 4.50. The Morgan fingerprint density at radius 3 is 2.56 bits per heavy atom. The van der Waals surface area contributed by atoms with Gasteiger partial charge >= 0.3 is 0 Å². The van der Waals surface area contributed by atoms with Crippen molar-refractivity contribution in [2.45, 2.75) is 27.2 Å². The number of benzene rings is 1. The maximum atomic E-state index is 4.50. The summed E-state index contributed by atoms with van der Waals surface area (Å²) in [5.74, 6) is 1.69. The average Bonchev–Trinajstić information content (AvgIpc) is 2.76. The Kier molecular flexibility index (Phi) is 3.28. The first-order valence-corrected chi connectivity index (χ1v) is 6.02. The zero-order valence-electron chi connectivity index (χ0n) is 10.4. The molecule has 0 saturated heterocycles. The smallest absolute Gasteiger partial charge is 0.0996 e. The molecule has 0 spiro atoms. The summed E-state index contributed by atoms with van der Waals surface area (Å²) in [6.45, 7) is 8.58. The first-order valence-electron chi connectivity index (χ1n) is 6.02. The average molecular weight is 216 g/mol. The monoisotopic (exact) mass is 216 g/mol. The van der Waals surface area contributed by atoms with Crippen molar-refractivity contribution in [3.05, 3.63) is 34.9 Å². The highest BCUT2D eigenvalue weighted by molar-refractivity contribution is 5.85. The van der Waals surface area contributed by atoms with Crippen molar-refractivity contribution < 1.29 is 0 Å². The number of aliphatic imine (C=N–C) groups is 1. The van der Waals surface area contributed by atoms with Gasteiger partial charge in [0.15, 0.2) is 0 Å². The van der Waals surface area contributed by atoms with E-state index in [0.29, 0.717) is 5.92 Å². The number of rotatable bonds is 3. The largest absolute Gasteiger partial charge is 0.372 e. The zero-order chi connectivity index (χ0) is 11.5. The van der Waals surface area contributed by atoms with Crippen molar-refractivity contribution in [2.75, 3.05) is 13.1 Å². The van der Waals surface area contributed by atoms with Crippen molar-refractivity contribution in [3.8, 4) is 0 Å². The third kappa shape index (κ3) is 2.26. The normalized spacial score (nSPS) is 16.8. The van der Waals surface area contributed by atoms with E-state index in [4.69, 9.17) is 0 Å². The van der Waals surface area contributed by atoms with E-state index < -0.39 is 0 Å². The summed E-state index contributed by atoms with van der Waals surface area (Å²) < 4.78 is 0. The Labute approximate surface area is 97.8 Å². The molecule has 16 heavy (non-hydrogen) atoms. The maximum absolute atomic E-state index is 4.50. The topological polar surface area (TPSA) is 24.4 Å². The molecule has 0 saturated carbocycles. The minimum absolute atomic E-state index is 0.502. The van der Waals surface area contributed by atoms with Crippen LogP contribution >= 0.6 is 0 Å². The van der Waals surface area contributed by atoms with Gasteiger partial charge in [-0.1, -0.05) is 25.1 Å². The second-order valence-corrected chi connectivity index (χ2v) is 4.67. The molecule has 0 aromatic heterocycles. The van der Waals surface area contributed by atoms with Crippen LogP contribution in [0.5, 0.6) is 0 Å². The minimum atomic E-state index is 0.502. The van der Waals surface area contributed by atoms with Gasteiger partial charge in [-0.3, -0.25) is 4.99 Å². The van der Waals surface area contributed by atoms with Crippen molar-refractivity contribution in [3.63, 3.8) is 0 Å². The van der Waals surface area contributed by atoms with Crippen LogP contribution in [0.3, 0.4) is 0 Å². The third-order valence-electron chi connectivity index (χ3n) is 3.32. The van der Waals surface area contributed by atoms with Gasteiger partial charge in [0, 0.05) is 12.5 Å². The summed E-state index contributed by atoms with van der Waals surface area (Å²) in [5.41, 5.74) is 4.27. The lowest BCUT2D eigenvalue weighted by molar-refractivity contribution is 0.736. The second kappa shape index (κ2) is 4.69. The molecule has 0 radical (unpaired) electrons. The molecule has 1 aliphatic rings. The summed E-state index contributed by atoms with van der Waals surface area (Å²) in [7, 11) is 0. The minimum Gasteiger partial charge on any atom is -0.372 e. The Hall–Kier alpha value is -1.31. The summed E-state index contributed by atoms with van der Waals surface area (Å²) >= 11 is 0. The van der Waals surface area contributed by atoms with Crippen molar-refractivity contribution >= 4 is 5.84 Å². The number of hydrogen-bond acceptors (Lipinski definition) is 2. The highest BCUT2D eigenvalue weighted by atomic mass is 15.1. The molecule has 2 heteroatoms. The Morgan fingerprint density at radius 1 is 1.31 bits per heavy atom. The van der Waals surface area contributed by atoms with Crippen molar-refractivity contribution in [1.82, 2.24) is 5.32 Å². The van der Waals surface area contributed by atoms with Crippen LogP contribution < -0.4 is 5.32 Å². The SMILES string of the molecule is Cc1cccc(C)c1C[C@@H](C)C1=NCCN1. The fourth-order valence-corrected chi connectivity index (χ4v) is 2.32. The van der Waals surface area contributed by atoms with E-state index in [-0.39, 0.29) is 0 Å². The molecule has 0 unspecified atom stereocenters. The zero-order valence-corrected chi connectivity index (χ0v) is 10.4. The van der Waals surface area contributed by atoms with E-state index in [1.165, 1.54) is 22.5 Å². The predicted molar refractivity (Wildman–Crippen MR) is 69.1 cm³/mol. The molecule has 1 heterocycles. The van der Waals surface area contributed by atoms with Crippen molar-refractivity contribution in [2.24, 2.45) is 10.9 Å². The standard InChI is InChI=1S/C14H20N2/c1-10-5-4-6-11(2)13(10)9-12(3)14-15-7-8-16-14/h4-6,12H,7-9H2,1-3H3,(H,15,16)/t12-/m1/s1. The van der Waals surface area contributed by atoms with Gasteiger partial charge in [-0.05, 0) is 37.0 Å². The lowest BCUT2D eigenvalue weighted by Crippen LogP contribution is -2.26. The number of amidine groups is 1. The van der Waals surface area contributed by atoms with Gasteiger partial charge in [0.05, 0.1) is 12.4 Å². The molecule has 2 nitrogen and oxygen atoms in total. The van der Waals surface area contributed by atoms with Gasteiger partial charge in [0.1, 0.15) is 0 Å². The highest BCUT2D eigenvalue weighted by Gasteiger charge is 2.15. The van der Waals surface area contributed by atoms with Crippen LogP contribution in [0.4, 0.5) is 0 Å². The fourth-order valence-electron chi connectivity index (χ4n) is 2.32. The quantitative estimate of drug-likeness (QED) is 0.824. The maximum Gasteiger partial charge on any atom is 0.0996 e. The van der Waals surface area contributed by atoms with E-state index in [1.807, 2.05) is 0 Å². The van der Waals surface area contributed by atoms with Crippen LogP contribution in [0, 0.1) is 19.8 Å². The fraction of sp³-hybridized carbons (Fsp3) is 0.500. The molecule has 1 aromatic rings. The van der Waals surface area contributed by atoms with Crippen LogP contribution in [0.1, 0.15) is 23.6 Å². The molecule has 2 rings (SSSR count). The Morgan fingerprint density at radius 2 is 2.00 bits per heavy atom. The summed E-state index contributed by atoms with van der Waals surface area (Å²) in [6, 6.07) is 6.52. The molecule has 1 atom stereocenters. The van der Waals surface area contributed by atoms with Gasteiger partial charge in [0.2, 0.25) is 0 Å². The van der Waals surface area contributed by atoms with Gasteiger partial charge < -0.3 is 5.32 Å². The molecule has 86 valence electrons. The van der Waals surface area contributed by atoms with Crippen LogP contribution in [0.25, 0.3) is 0 Å². The van der Waals surface area contributed by atoms with Gasteiger partial charge in [-0.15, -0.1) is 0 Å².